The lowest BCUT2D eigenvalue weighted by molar-refractivity contribution is -0.113. The molecule has 2 heterocycles. The molecule has 2 N–H and O–H groups in total. The Balaban J connectivity index is 1.44. The second kappa shape index (κ2) is 11.0. The molecule has 8 nitrogen and oxygen atoms in total. The van der Waals surface area contributed by atoms with Gasteiger partial charge in [-0.15, -0.1) is 10.2 Å². The lowest BCUT2D eigenvalue weighted by atomic mass is 10.0. The Kier molecular flexibility index (Phi) is 7.82. The van der Waals surface area contributed by atoms with Gasteiger partial charge >= 0.3 is 0 Å². The van der Waals surface area contributed by atoms with Gasteiger partial charge in [-0.3, -0.25) is 9.59 Å². The Bertz CT molecular complexity index is 1310. The van der Waals surface area contributed by atoms with E-state index in [1.165, 1.54) is 23.1 Å². The summed E-state index contributed by atoms with van der Waals surface area (Å²) in [5.41, 5.74) is 2.50. The standard InChI is InChI=1S/C25H28N6O2S2/c1-5-31-22(21(15(2)3)28-23(33)17-10-8-9-16(4)13-17)29-30-25(31)34-14-20(32)27-24-26-18-11-6-7-12-19(18)35-24/h6-13,15,21H,5,14H2,1-4H3,(H,28,33)(H,26,27,32)/t21-/m0/s1. The highest BCUT2D eigenvalue weighted by Gasteiger charge is 2.26. The van der Waals surface area contributed by atoms with Crippen LogP contribution in [0.4, 0.5) is 5.13 Å². The zero-order chi connectivity index (χ0) is 24.9. The fourth-order valence-corrected chi connectivity index (χ4v) is 5.38. The molecule has 10 heteroatoms. The maximum atomic E-state index is 12.9. The molecule has 2 aromatic carbocycles. The van der Waals surface area contributed by atoms with E-state index in [0.29, 0.717) is 28.2 Å². The number of benzene rings is 2. The van der Waals surface area contributed by atoms with E-state index in [1.54, 1.807) is 6.07 Å². The highest BCUT2D eigenvalue weighted by atomic mass is 32.2. The van der Waals surface area contributed by atoms with Crippen molar-refractivity contribution in [3.05, 3.63) is 65.5 Å². The van der Waals surface area contributed by atoms with Crippen LogP contribution in [0.3, 0.4) is 0 Å². The molecule has 0 spiro atoms. The minimum Gasteiger partial charge on any atom is -0.342 e. The van der Waals surface area contributed by atoms with E-state index in [4.69, 9.17) is 0 Å². The number of hydrogen-bond acceptors (Lipinski definition) is 7. The number of carbonyl (C=O) groups excluding carboxylic acids is 2. The Morgan fingerprint density at radius 1 is 1.11 bits per heavy atom. The predicted octanol–water partition coefficient (Wildman–Crippen LogP) is 5.07. The van der Waals surface area contributed by atoms with E-state index < -0.39 is 0 Å². The first-order valence-corrected chi connectivity index (χ1v) is 13.2. The monoisotopic (exact) mass is 508 g/mol. The van der Waals surface area contributed by atoms with Crippen molar-refractivity contribution in [1.82, 2.24) is 25.1 Å². The number of nitrogens with one attached hydrogen (secondary N) is 2. The van der Waals surface area contributed by atoms with Crippen LogP contribution in [-0.2, 0) is 11.3 Å². The summed E-state index contributed by atoms with van der Waals surface area (Å²) in [5, 5.41) is 15.9. The van der Waals surface area contributed by atoms with Crippen molar-refractivity contribution >= 4 is 50.3 Å². The van der Waals surface area contributed by atoms with Crippen molar-refractivity contribution in [2.75, 3.05) is 11.1 Å². The molecule has 0 bridgehead atoms. The van der Waals surface area contributed by atoms with E-state index >= 15 is 0 Å². The Morgan fingerprint density at radius 3 is 2.63 bits per heavy atom. The van der Waals surface area contributed by atoms with Crippen LogP contribution in [0.1, 0.15) is 48.6 Å². The van der Waals surface area contributed by atoms with Crippen molar-refractivity contribution < 1.29 is 9.59 Å². The average molecular weight is 509 g/mol. The number of amides is 2. The summed E-state index contributed by atoms with van der Waals surface area (Å²) in [7, 11) is 0. The van der Waals surface area contributed by atoms with Crippen LogP contribution in [0.2, 0.25) is 0 Å². The molecular weight excluding hydrogens is 480 g/mol. The molecule has 0 aliphatic heterocycles. The van der Waals surface area contributed by atoms with Gasteiger partial charge in [0.15, 0.2) is 16.1 Å². The number of anilines is 1. The van der Waals surface area contributed by atoms with Crippen LogP contribution in [0, 0.1) is 12.8 Å². The molecule has 35 heavy (non-hydrogen) atoms. The quantitative estimate of drug-likeness (QED) is 0.306. The maximum Gasteiger partial charge on any atom is 0.251 e. The molecule has 182 valence electrons. The van der Waals surface area contributed by atoms with Crippen molar-refractivity contribution in [3.8, 4) is 0 Å². The van der Waals surface area contributed by atoms with Crippen LogP contribution >= 0.6 is 23.1 Å². The Morgan fingerprint density at radius 2 is 1.91 bits per heavy atom. The van der Waals surface area contributed by atoms with Crippen molar-refractivity contribution in [1.29, 1.82) is 0 Å². The first-order valence-electron chi connectivity index (χ1n) is 11.4. The summed E-state index contributed by atoms with van der Waals surface area (Å²) >= 11 is 2.76. The van der Waals surface area contributed by atoms with Gasteiger partial charge in [0.2, 0.25) is 5.91 Å². The highest BCUT2D eigenvalue weighted by Crippen LogP contribution is 2.27. The van der Waals surface area contributed by atoms with Gasteiger partial charge < -0.3 is 15.2 Å². The van der Waals surface area contributed by atoms with Gasteiger partial charge in [0.05, 0.1) is 22.0 Å². The third-order valence-electron chi connectivity index (χ3n) is 5.45. The normalized spacial score (nSPS) is 12.1. The smallest absolute Gasteiger partial charge is 0.251 e. The second-order valence-corrected chi connectivity index (χ2v) is 10.4. The van der Waals surface area contributed by atoms with E-state index in [-0.39, 0.29) is 29.5 Å². The molecule has 4 rings (SSSR count). The molecule has 2 aromatic heterocycles. The fourth-order valence-electron chi connectivity index (χ4n) is 3.69. The van der Waals surface area contributed by atoms with Crippen LogP contribution in [-0.4, -0.2) is 37.3 Å². The number of fused-ring (bicyclic) bond motifs is 1. The van der Waals surface area contributed by atoms with Gasteiger partial charge in [-0.2, -0.15) is 0 Å². The van der Waals surface area contributed by atoms with Gasteiger partial charge in [-0.25, -0.2) is 4.98 Å². The van der Waals surface area contributed by atoms with Crippen molar-refractivity contribution in [3.63, 3.8) is 0 Å². The Labute approximate surface area is 212 Å². The van der Waals surface area contributed by atoms with E-state index in [0.717, 1.165) is 15.8 Å². The molecule has 1 atom stereocenters. The summed E-state index contributed by atoms with van der Waals surface area (Å²) in [4.78, 5) is 29.9. The van der Waals surface area contributed by atoms with Gasteiger partial charge in [-0.05, 0) is 44.0 Å². The first kappa shape index (κ1) is 24.9. The molecule has 0 radical (unpaired) electrons. The van der Waals surface area contributed by atoms with Crippen LogP contribution < -0.4 is 10.6 Å². The average Bonchev–Trinajstić information content (AvgIpc) is 3.43. The van der Waals surface area contributed by atoms with Gasteiger partial charge in [0.1, 0.15) is 0 Å². The summed E-state index contributed by atoms with van der Waals surface area (Å²) in [5.74, 6) is 0.642. The maximum absolute atomic E-state index is 12.9. The molecule has 4 aromatic rings. The number of carbonyl (C=O) groups is 2. The summed E-state index contributed by atoms with van der Waals surface area (Å²) in [6, 6.07) is 14.9. The van der Waals surface area contributed by atoms with Crippen LogP contribution in [0.25, 0.3) is 10.2 Å². The molecule has 0 aliphatic rings. The molecule has 2 amide bonds. The van der Waals surface area contributed by atoms with Crippen LogP contribution in [0.15, 0.2) is 53.7 Å². The van der Waals surface area contributed by atoms with Crippen molar-refractivity contribution in [2.24, 2.45) is 5.92 Å². The molecule has 0 fully saturated rings. The lowest BCUT2D eigenvalue weighted by Crippen LogP contribution is -2.33. The summed E-state index contributed by atoms with van der Waals surface area (Å²) in [6.45, 7) is 8.65. The van der Waals surface area contributed by atoms with Crippen molar-refractivity contribution in [2.45, 2.75) is 45.4 Å². The minimum atomic E-state index is -0.318. The number of aryl methyl sites for hydroxylation is 1. The number of thiazole rings is 1. The van der Waals surface area contributed by atoms with E-state index in [9.17, 15) is 9.59 Å². The van der Waals surface area contributed by atoms with Gasteiger partial charge in [-0.1, -0.05) is 66.8 Å². The minimum absolute atomic E-state index is 0.0958. The fraction of sp³-hybridized carbons (Fsp3) is 0.320. The van der Waals surface area contributed by atoms with Gasteiger partial charge in [0.25, 0.3) is 5.91 Å². The predicted molar refractivity (Wildman–Crippen MR) is 141 cm³/mol. The molecular formula is C25H28N6O2S2. The van der Waals surface area contributed by atoms with E-state index in [2.05, 4.69) is 25.8 Å². The number of para-hydroxylation sites is 1. The zero-order valence-electron chi connectivity index (χ0n) is 20.1. The third-order valence-corrected chi connectivity index (χ3v) is 7.36. The third kappa shape index (κ3) is 5.88. The molecule has 0 saturated carbocycles. The number of rotatable bonds is 9. The largest absolute Gasteiger partial charge is 0.342 e. The Hall–Kier alpha value is -3.24. The summed E-state index contributed by atoms with van der Waals surface area (Å²) in [6.07, 6.45) is 0. The topological polar surface area (TPSA) is 102 Å². The van der Waals surface area contributed by atoms with Crippen LogP contribution in [0.5, 0.6) is 0 Å². The number of aromatic nitrogens is 4. The summed E-state index contributed by atoms with van der Waals surface area (Å²) < 4.78 is 2.98. The molecule has 0 aliphatic carbocycles. The molecule has 0 unspecified atom stereocenters. The number of thioether (sulfide) groups is 1. The zero-order valence-corrected chi connectivity index (χ0v) is 21.7. The number of nitrogens with zero attached hydrogens (tertiary/aromatic N) is 4. The first-order chi connectivity index (χ1) is 16.9. The SMILES string of the molecule is CCn1c(SCC(=O)Nc2nc3ccccc3s2)nnc1[C@@H](NC(=O)c1cccc(C)c1)C(C)C. The highest BCUT2D eigenvalue weighted by molar-refractivity contribution is 7.99. The second-order valence-electron chi connectivity index (χ2n) is 8.47. The van der Waals surface area contributed by atoms with E-state index in [1.807, 2.05) is 74.7 Å². The molecule has 0 saturated heterocycles. The lowest BCUT2D eigenvalue weighted by Gasteiger charge is -2.22. The number of hydrogen-bond donors (Lipinski definition) is 2. The van der Waals surface area contributed by atoms with Gasteiger partial charge in [0, 0.05) is 12.1 Å².